The second kappa shape index (κ2) is 5.27. The van der Waals surface area contributed by atoms with E-state index in [9.17, 15) is 13.2 Å². The molecule has 6 heteroatoms. The smallest absolute Gasteiger partial charge is 0.303 e. The summed E-state index contributed by atoms with van der Waals surface area (Å²) in [5.41, 5.74) is 0.113. The highest BCUT2D eigenvalue weighted by atomic mass is 32.1. The summed E-state index contributed by atoms with van der Waals surface area (Å²) in [5.74, 6) is 0. The Labute approximate surface area is 103 Å². The molecule has 0 aliphatic rings. The van der Waals surface area contributed by atoms with Crippen LogP contribution in [-0.4, -0.2) is 35.9 Å². The molecule has 1 aromatic rings. The quantitative estimate of drug-likeness (QED) is 0.472. The molecule has 0 aliphatic heterocycles. The van der Waals surface area contributed by atoms with E-state index in [1.807, 2.05) is 0 Å². The van der Waals surface area contributed by atoms with E-state index in [0.29, 0.717) is 5.56 Å². The second-order valence-corrected chi connectivity index (χ2v) is 3.90. The number of hydrogen-bond donors (Lipinski definition) is 0. The number of thiocarbonyl (C=S) groups is 1. The Kier molecular flexibility index (Phi) is 4.22. The lowest BCUT2D eigenvalue weighted by Crippen LogP contribution is -2.31. The number of rotatable bonds is 3. The predicted octanol–water partition coefficient (Wildman–Crippen LogP) is 2.88. The zero-order valence-corrected chi connectivity index (χ0v) is 10.1. The van der Waals surface area contributed by atoms with Crippen molar-refractivity contribution >= 4 is 22.8 Å². The fraction of sp³-hybridized carbons (Fsp3) is 0.273. The van der Waals surface area contributed by atoms with Gasteiger partial charge >= 0.3 is 6.18 Å². The van der Waals surface area contributed by atoms with Gasteiger partial charge in [0.2, 0.25) is 0 Å². The second-order valence-electron chi connectivity index (χ2n) is 3.49. The minimum absolute atomic E-state index is 0.238. The lowest BCUT2D eigenvalue weighted by Gasteiger charge is -2.14. The zero-order valence-electron chi connectivity index (χ0n) is 9.32. The maximum atomic E-state index is 12.6. The van der Waals surface area contributed by atoms with Gasteiger partial charge in [0, 0.05) is 19.7 Å². The molecule has 0 spiro atoms. The Morgan fingerprint density at radius 1 is 1.18 bits per heavy atom. The van der Waals surface area contributed by atoms with Crippen LogP contribution in [0.3, 0.4) is 0 Å². The molecule has 1 aromatic carbocycles. The van der Waals surface area contributed by atoms with Crippen LogP contribution in [-0.2, 0) is 0 Å². The van der Waals surface area contributed by atoms with Gasteiger partial charge in [0.05, 0.1) is 0 Å². The van der Waals surface area contributed by atoms with Crippen LogP contribution >= 0.6 is 12.2 Å². The molecule has 0 fully saturated rings. The van der Waals surface area contributed by atoms with E-state index in [-0.39, 0.29) is 5.71 Å². The predicted molar refractivity (Wildman–Crippen MR) is 65.3 cm³/mol. The number of nitrogens with zero attached hydrogens (tertiary/aromatic N) is 2. The molecule has 2 nitrogen and oxygen atoms in total. The van der Waals surface area contributed by atoms with Gasteiger partial charge in [0.25, 0.3) is 0 Å². The Balaban J connectivity index is 3.20. The first kappa shape index (κ1) is 13.6. The number of hydrogen-bond acceptors (Lipinski definition) is 3. The van der Waals surface area contributed by atoms with Crippen molar-refractivity contribution in [1.29, 1.82) is 0 Å². The fourth-order valence-electron chi connectivity index (χ4n) is 1.16. The molecule has 17 heavy (non-hydrogen) atoms. The Bertz CT molecular complexity index is 424. The first-order valence-electron chi connectivity index (χ1n) is 4.75. The molecule has 0 saturated heterocycles. The summed E-state index contributed by atoms with van der Waals surface area (Å²) in [4.78, 5) is -1.11. The van der Waals surface area contributed by atoms with Crippen molar-refractivity contribution in [3.63, 3.8) is 0 Å². The summed E-state index contributed by atoms with van der Waals surface area (Å²) in [6, 6.07) is 8.08. The molecule has 0 radical (unpaired) electrons. The summed E-state index contributed by atoms with van der Waals surface area (Å²) in [5, 5.41) is 5.09. The van der Waals surface area contributed by atoms with Gasteiger partial charge in [-0.05, 0) is 0 Å². The lowest BCUT2D eigenvalue weighted by molar-refractivity contribution is -0.0543. The summed E-state index contributed by atoms with van der Waals surface area (Å²) in [6.45, 7) is 0. The molecule has 0 aliphatic carbocycles. The highest BCUT2D eigenvalue weighted by molar-refractivity contribution is 7.82. The van der Waals surface area contributed by atoms with Crippen LogP contribution in [0.15, 0.2) is 35.4 Å². The molecule has 0 unspecified atom stereocenters. The Hall–Kier alpha value is -1.43. The average molecular weight is 260 g/mol. The van der Waals surface area contributed by atoms with Crippen LogP contribution in [0.4, 0.5) is 13.2 Å². The minimum Gasteiger partial charge on any atom is -0.303 e. The van der Waals surface area contributed by atoms with Gasteiger partial charge in [-0.3, -0.25) is 0 Å². The maximum absolute atomic E-state index is 12.6. The summed E-state index contributed by atoms with van der Waals surface area (Å²) >= 11 is 4.43. The number of alkyl halides is 3. The third-order valence-electron chi connectivity index (χ3n) is 1.82. The molecule has 0 bridgehead atoms. The van der Waals surface area contributed by atoms with Gasteiger partial charge < -0.3 is 5.01 Å². The number of benzene rings is 1. The van der Waals surface area contributed by atoms with E-state index < -0.39 is 11.0 Å². The van der Waals surface area contributed by atoms with Gasteiger partial charge in [-0.1, -0.05) is 42.5 Å². The van der Waals surface area contributed by atoms with E-state index in [1.54, 1.807) is 44.4 Å². The van der Waals surface area contributed by atoms with Crippen molar-refractivity contribution in [3.8, 4) is 0 Å². The monoisotopic (exact) mass is 260 g/mol. The lowest BCUT2D eigenvalue weighted by atomic mass is 10.1. The van der Waals surface area contributed by atoms with Crippen LogP contribution in [0.5, 0.6) is 0 Å². The maximum Gasteiger partial charge on any atom is 0.428 e. The molecule has 0 atom stereocenters. The first-order valence-corrected chi connectivity index (χ1v) is 5.16. The van der Waals surface area contributed by atoms with Crippen LogP contribution < -0.4 is 0 Å². The van der Waals surface area contributed by atoms with Gasteiger partial charge in [-0.2, -0.15) is 18.3 Å². The third-order valence-corrected chi connectivity index (χ3v) is 2.24. The van der Waals surface area contributed by atoms with Gasteiger partial charge in [-0.15, -0.1) is 0 Å². The van der Waals surface area contributed by atoms with E-state index in [0.717, 1.165) is 0 Å². The van der Waals surface area contributed by atoms with Crippen LogP contribution in [0.25, 0.3) is 0 Å². The van der Waals surface area contributed by atoms with Crippen molar-refractivity contribution in [3.05, 3.63) is 35.9 Å². The summed E-state index contributed by atoms with van der Waals surface area (Å²) < 4.78 is 37.8. The molecule has 0 heterocycles. The number of halogens is 3. The first-order chi connectivity index (χ1) is 7.82. The minimum atomic E-state index is -4.56. The molecule has 1 rings (SSSR count). The van der Waals surface area contributed by atoms with Crippen molar-refractivity contribution in [1.82, 2.24) is 5.01 Å². The fourth-order valence-corrected chi connectivity index (χ4v) is 1.32. The van der Waals surface area contributed by atoms with E-state index in [2.05, 4.69) is 17.3 Å². The largest absolute Gasteiger partial charge is 0.428 e. The zero-order chi connectivity index (χ0) is 13.1. The van der Waals surface area contributed by atoms with E-state index in [4.69, 9.17) is 0 Å². The normalized spacial score (nSPS) is 12.4. The SMILES string of the molecule is CN(C)/N=C(/C(=S)C(F)(F)F)c1ccccc1. The summed E-state index contributed by atoms with van der Waals surface area (Å²) in [7, 11) is 3.09. The molecule has 0 amide bonds. The van der Waals surface area contributed by atoms with Crippen LogP contribution in [0.2, 0.25) is 0 Å². The molecule has 0 aromatic heterocycles. The summed E-state index contributed by atoms with van der Waals surface area (Å²) in [6.07, 6.45) is -4.56. The van der Waals surface area contributed by atoms with Crippen LogP contribution in [0, 0.1) is 0 Å². The molecular formula is C11H11F3N2S. The Morgan fingerprint density at radius 3 is 2.12 bits per heavy atom. The van der Waals surface area contributed by atoms with Gasteiger partial charge in [0.1, 0.15) is 10.6 Å². The van der Waals surface area contributed by atoms with E-state index >= 15 is 0 Å². The van der Waals surface area contributed by atoms with Crippen molar-refractivity contribution in [2.24, 2.45) is 5.10 Å². The molecular weight excluding hydrogens is 249 g/mol. The molecule has 0 N–H and O–H groups in total. The highest BCUT2D eigenvalue weighted by Gasteiger charge is 2.38. The van der Waals surface area contributed by atoms with Crippen molar-refractivity contribution in [2.75, 3.05) is 14.1 Å². The van der Waals surface area contributed by atoms with Gasteiger partial charge in [0.15, 0.2) is 0 Å². The molecule has 0 saturated carbocycles. The van der Waals surface area contributed by atoms with Crippen molar-refractivity contribution in [2.45, 2.75) is 6.18 Å². The Morgan fingerprint density at radius 2 is 1.71 bits per heavy atom. The standard InChI is InChI=1S/C11H11F3N2S/c1-16(2)15-9(10(17)11(12,13)14)8-6-4-3-5-7-8/h3-7H,1-2H3/b15-9+. The topological polar surface area (TPSA) is 15.6 Å². The van der Waals surface area contributed by atoms with Gasteiger partial charge in [-0.25, -0.2) is 0 Å². The van der Waals surface area contributed by atoms with Crippen molar-refractivity contribution < 1.29 is 13.2 Å². The highest BCUT2D eigenvalue weighted by Crippen LogP contribution is 2.21. The van der Waals surface area contributed by atoms with Crippen LogP contribution in [0.1, 0.15) is 5.56 Å². The number of hydrazone groups is 1. The third kappa shape index (κ3) is 3.81. The molecule has 92 valence electrons. The average Bonchev–Trinajstić information content (AvgIpc) is 2.24. The van der Waals surface area contributed by atoms with E-state index in [1.165, 1.54) is 5.01 Å².